The van der Waals surface area contributed by atoms with Gasteiger partial charge in [-0.3, -0.25) is 4.79 Å². The van der Waals surface area contributed by atoms with Gasteiger partial charge in [-0.25, -0.2) is 0 Å². The highest BCUT2D eigenvalue weighted by Crippen LogP contribution is 2.20. The summed E-state index contributed by atoms with van der Waals surface area (Å²) >= 11 is 3.29. The van der Waals surface area contributed by atoms with E-state index < -0.39 is 0 Å². The van der Waals surface area contributed by atoms with Crippen molar-refractivity contribution in [3.05, 3.63) is 28.2 Å². The Morgan fingerprint density at radius 3 is 3.00 bits per heavy atom. The summed E-state index contributed by atoms with van der Waals surface area (Å²) < 4.78 is 5.90. The Balaban J connectivity index is 2.64. The largest absolute Gasteiger partial charge is 0.381 e. The van der Waals surface area contributed by atoms with E-state index in [4.69, 9.17) is 10.00 Å². The molecule has 0 fully saturated rings. The number of anilines is 1. The highest BCUT2D eigenvalue weighted by molar-refractivity contribution is 9.10. The molecule has 0 bridgehead atoms. The molecule has 17 heavy (non-hydrogen) atoms. The van der Waals surface area contributed by atoms with E-state index in [9.17, 15) is 4.79 Å². The first-order valence-electron chi connectivity index (χ1n) is 5.24. The number of ether oxygens (including phenoxy) is 1. The van der Waals surface area contributed by atoms with Crippen LogP contribution in [0.4, 0.5) is 5.69 Å². The molecule has 0 saturated carbocycles. The van der Waals surface area contributed by atoms with Gasteiger partial charge in [-0.2, -0.15) is 5.26 Å². The molecule has 1 amide bonds. The molecule has 0 aliphatic rings. The minimum absolute atomic E-state index is 0.159. The first kappa shape index (κ1) is 13.7. The van der Waals surface area contributed by atoms with Gasteiger partial charge in [0, 0.05) is 11.1 Å². The first-order chi connectivity index (χ1) is 8.17. The van der Waals surface area contributed by atoms with E-state index in [1.54, 1.807) is 18.2 Å². The summed E-state index contributed by atoms with van der Waals surface area (Å²) in [7, 11) is 0. The van der Waals surface area contributed by atoms with Crippen molar-refractivity contribution in [3.8, 4) is 6.07 Å². The molecule has 0 atom stereocenters. The van der Waals surface area contributed by atoms with Gasteiger partial charge in [-0.05, 0) is 25.1 Å². The molecule has 1 N–H and O–H groups in total. The molecule has 0 aromatic heterocycles. The monoisotopic (exact) mass is 296 g/mol. The summed E-state index contributed by atoms with van der Waals surface area (Å²) in [5, 5.41) is 11.6. The second-order valence-electron chi connectivity index (χ2n) is 3.30. The molecular formula is C12H13BrN2O2. The maximum Gasteiger partial charge on any atom is 0.226 e. The SMILES string of the molecule is CCOCCC(=O)Nc1cc(Br)ccc1C#N. The van der Waals surface area contributed by atoms with Crippen LogP contribution in [0, 0.1) is 11.3 Å². The Hall–Kier alpha value is -1.38. The van der Waals surface area contributed by atoms with E-state index in [1.165, 1.54) is 0 Å². The molecule has 1 aromatic carbocycles. The smallest absolute Gasteiger partial charge is 0.226 e. The summed E-state index contributed by atoms with van der Waals surface area (Å²) in [4.78, 5) is 11.6. The first-order valence-corrected chi connectivity index (χ1v) is 6.04. The molecule has 0 unspecified atom stereocenters. The number of carbonyl (C=O) groups excluding carboxylic acids is 1. The second kappa shape index (κ2) is 7.05. The molecule has 0 aliphatic heterocycles. The minimum atomic E-state index is -0.159. The molecular weight excluding hydrogens is 284 g/mol. The molecule has 0 spiro atoms. The number of carbonyl (C=O) groups is 1. The van der Waals surface area contributed by atoms with Crippen LogP contribution in [0.1, 0.15) is 18.9 Å². The van der Waals surface area contributed by atoms with E-state index in [-0.39, 0.29) is 12.3 Å². The normalized spacial score (nSPS) is 9.71. The summed E-state index contributed by atoms with van der Waals surface area (Å²) in [6, 6.07) is 7.15. The van der Waals surface area contributed by atoms with Crippen LogP contribution in [-0.2, 0) is 9.53 Å². The van der Waals surface area contributed by atoms with Gasteiger partial charge in [-0.1, -0.05) is 15.9 Å². The van der Waals surface area contributed by atoms with Crippen LogP contribution in [0.3, 0.4) is 0 Å². The van der Waals surface area contributed by atoms with E-state index >= 15 is 0 Å². The van der Waals surface area contributed by atoms with E-state index in [1.807, 2.05) is 13.0 Å². The average Bonchev–Trinajstić information content (AvgIpc) is 2.29. The lowest BCUT2D eigenvalue weighted by molar-refractivity contribution is -0.117. The zero-order valence-electron chi connectivity index (χ0n) is 9.50. The van der Waals surface area contributed by atoms with Gasteiger partial charge >= 0.3 is 0 Å². The molecule has 5 heteroatoms. The van der Waals surface area contributed by atoms with Gasteiger partial charge in [0.2, 0.25) is 5.91 Å². The topological polar surface area (TPSA) is 62.1 Å². The van der Waals surface area contributed by atoms with E-state index in [0.717, 1.165) is 4.47 Å². The third kappa shape index (κ3) is 4.55. The van der Waals surface area contributed by atoms with Crippen LogP contribution in [0.25, 0.3) is 0 Å². The molecule has 1 rings (SSSR count). The molecule has 0 aliphatic carbocycles. The maximum atomic E-state index is 11.6. The standard InChI is InChI=1S/C12H13BrN2O2/c1-2-17-6-5-12(16)15-11-7-10(13)4-3-9(11)8-14/h3-4,7H,2,5-6H2,1H3,(H,15,16). The van der Waals surface area contributed by atoms with Crippen LogP contribution in [0.2, 0.25) is 0 Å². The van der Waals surface area contributed by atoms with Crippen molar-refractivity contribution in [3.63, 3.8) is 0 Å². The van der Waals surface area contributed by atoms with E-state index in [2.05, 4.69) is 21.2 Å². The minimum Gasteiger partial charge on any atom is -0.381 e. The van der Waals surface area contributed by atoms with E-state index in [0.29, 0.717) is 24.5 Å². The van der Waals surface area contributed by atoms with Crippen molar-refractivity contribution in [1.29, 1.82) is 5.26 Å². The summed E-state index contributed by atoms with van der Waals surface area (Å²) in [6.45, 7) is 2.85. The second-order valence-corrected chi connectivity index (χ2v) is 4.21. The number of nitrogens with one attached hydrogen (secondary N) is 1. The number of hydrogen-bond acceptors (Lipinski definition) is 3. The zero-order chi connectivity index (χ0) is 12.7. The fourth-order valence-corrected chi connectivity index (χ4v) is 1.60. The number of hydrogen-bond donors (Lipinski definition) is 1. The van der Waals surface area contributed by atoms with Crippen LogP contribution < -0.4 is 5.32 Å². The number of nitrogens with zero attached hydrogens (tertiary/aromatic N) is 1. The summed E-state index contributed by atoms with van der Waals surface area (Å²) in [5.74, 6) is -0.159. The third-order valence-electron chi connectivity index (χ3n) is 2.05. The Morgan fingerprint density at radius 2 is 2.35 bits per heavy atom. The van der Waals surface area contributed by atoms with Crippen molar-refractivity contribution < 1.29 is 9.53 Å². The van der Waals surface area contributed by atoms with Crippen molar-refractivity contribution >= 4 is 27.5 Å². The number of amides is 1. The molecule has 0 saturated heterocycles. The molecule has 90 valence electrons. The van der Waals surface area contributed by atoms with Crippen molar-refractivity contribution in [2.75, 3.05) is 18.5 Å². The van der Waals surface area contributed by atoms with Gasteiger partial charge in [-0.15, -0.1) is 0 Å². The molecule has 0 heterocycles. The Morgan fingerprint density at radius 1 is 1.59 bits per heavy atom. The third-order valence-corrected chi connectivity index (χ3v) is 2.55. The zero-order valence-corrected chi connectivity index (χ0v) is 11.1. The fourth-order valence-electron chi connectivity index (χ4n) is 1.24. The quantitative estimate of drug-likeness (QED) is 0.850. The molecule has 1 aromatic rings. The van der Waals surface area contributed by atoms with Crippen LogP contribution in [0.15, 0.2) is 22.7 Å². The summed E-state index contributed by atoms with van der Waals surface area (Å²) in [6.07, 6.45) is 0.283. The Labute approximate surface area is 109 Å². The number of halogens is 1. The Bertz CT molecular complexity index is 441. The maximum absolute atomic E-state index is 11.6. The lowest BCUT2D eigenvalue weighted by Gasteiger charge is -2.07. The number of nitriles is 1. The Kier molecular flexibility index (Phi) is 5.67. The lowest BCUT2D eigenvalue weighted by Crippen LogP contribution is -2.15. The van der Waals surface area contributed by atoms with Crippen LogP contribution in [-0.4, -0.2) is 19.1 Å². The van der Waals surface area contributed by atoms with Gasteiger partial charge in [0.1, 0.15) is 6.07 Å². The van der Waals surface area contributed by atoms with Gasteiger partial charge < -0.3 is 10.1 Å². The van der Waals surface area contributed by atoms with Gasteiger partial charge in [0.25, 0.3) is 0 Å². The fraction of sp³-hybridized carbons (Fsp3) is 0.333. The predicted molar refractivity (Wildman–Crippen MR) is 68.6 cm³/mol. The highest BCUT2D eigenvalue weighted by atomic mass is 79.9. The number of rotatable bonds is 5. The highest BCUT2D eigenvalue weighted by Gasteiger charge is 2.07. The van der Waals surface area contributed by atoms with Crippen molar-refractivity contribution in [2.24, 2.45) is 0 Å². The van der Waals surface area contributed by atoms with Crippen LogP contribution in [0.5, 0.6) is 0 Å². The molecule has 4 nitrogen and oxygen atoms in total. The molecule has 0 radical (unpaired) electrons. The predicted octanol–water partition coefficient (Wildman–Crippen LogP) is 2.69. The lowest BCUT2D eigenvalue weighted by atomic mass is 10.2. The number of benzene rings is 1. The van der Waals surface area contributed by atoms with Crippen molar-refractivity contribution in [1.82, 2.24) is 0 Å². The van der Waals surface area contributed by atoms with Gasteiger partial charge in [0.05, 0.1) is 24.3 Å². The van der Waals surface area contributed by atoms with Crippen molar-refractivity contribution in [2.45, 2.75) is 13.3 Å². The average molecular weight is 297 g/mol. The van der Waals surface area contributed by atoms with Gasteiger partial charge in [0.15, 0.2) is 0 Å². The van der Waals surface area contributed by atoms with Crippen LogP contribution >= 0.6 is 15.9 Å². The summed E-state index contributed by atoms with van der Waals surface area (Å²) in [5.41, 5.74) is 0.960.